The van der Waals surface area contributed by atoms with Gasteiger partial charge in [0.05, 0.1) is 18.9 Å². The number of fused-ring (bicyclic) bond motifs is 1. The number of morpholine rings is 1. The summed E-state index contributed by atoms with van der Waals surface area (Å²) in [6.45, 7) is 7.83. The van der Waals surface area contributed by atoms with Crippen molar-refractivity contribution in [3.8, 4) is 0 Å². The molecule has 8 heteroatoms. The van der Waals surface area contributed by atoms with Gasteiger partial charge in [0.1, 0.15) is 11.5 Å². The zero-order valence-corrected chi connectivity index (χ0v) is 14.3. The third kappa shape index (κ3) is 3.46. The van der Waals surface area contributed by atoms with Crippen LogP contribution in [0.1, 0.15) is 5.56 Å². The summed E-state index contributed by atoms with van der Waals surface area (Å²) in [6.07, 6.45) is 0. The van der Waals surface area contributed by atoms with E-state index in [1.165, 1.54) is 0 Å². The van der Waals surface area contributed by atoms with Gasteiger partial charge in [-0.2, -0.15) is 0 Å². The van der Waals surface area contributed by atoms with Gasteiger partial charge in [-0.15, -0.1) is 0 Å². The predicted molar refractivity (Wildman–Crippen MR) is 98.0 cm³/mol. The smallest absolute Gasteiger partial charge is 0.272 e. The Morgan fingerprint density at radius 2 is 1.92 bits per heavy atom. The minimum absolute atomic E-state index is 0.229. The van der Waals surface area contributed by atoms with Crippen LogP contribution in [0.3, 0.4) is 0 Å². The van der Waals surface area contributed by atoms with Crippen LogP contribution in [-0.2, 0) is 11.3 Å². The monoisotopic (exact) mass is 344 g/mol. The molecule has 2 fully saturated rings. The van der Waals surface area contributed by atoms with Gasteiger partial charge in [-0.05, 0) is 17.7 Å². The molecule has 0 spiro atoms. The molecule has 4 heterocycles. The first kappa shape index (κ1) is 16.3. The zero-order chi connectivity index (χ0) is 17.2. The number of aromatic amines is 1. The number of aromatic nitrogens is 2. The fourth-order valence-corrected chi connectivity index (χ4v) is 3.44. The van der Waals surface area contributed by atoms with Crippen molar-refractivity contribution < 1.29 is 4.74 Å². The number of hydrogen-bond acceptors (Lipinski definition) is 7. The topological polar surface area (TPSA) is 99.5 Å². The highest BCUT2D eigenvalue weighted by Gasteiger charge is 2.18. The first-order valence-corrected chi connectivity index (χ1v) is 8.79. The molecule has 2 saturated heterocycles. The van der Waals surface area contributed by atoms with Gasteiger partial charge in [0.15, 0.2) is 0 Å². The molecular weight excluding hydrogens is 320 g/mol. The highest BCUT2D eigenvalue weighted by Crippen LogP contribution is 2.24. The van der Waals surface area contributed by atoms with Crippen molar-refractivity contribution in [2.75, 3.05) is 63.1 Å². The number of hydrogen-bond donors (Lipinski definition) is 3. The molecule has 0 unspecified atom stereocenters. The summed E-state index contributed by atoms with van der Waals surface area (Å²) in [5.41, 5.74) is 7.54. The Morgan fingerprint density at radius 1 is 1.16 bits per heavy atom. The fraction of sp³-hybridized carbons (Fsp3) is 0.529. The van der Waals surface area contributed by atoms with Crippen molar-refractivity contribution >= 4 is 22.5 Å². The van der Waals surface area contributed by atoms with Gasteiger partial charge in [0.2, 0.25) is 0 Å². The zero-order valence-electron chi connectivity index (χ0n) is 14.3. The quantitative estimate of drug-likeness (QED) is 0.706. The summed E-state index contributed by atoms with van der Waals surface area (Å²) in [6, 6.07) is 3.89. The third-order valence-electron chi connectivity index (χ3n) is 4.86. The molecule has 25 heavy (non-hydrogen) atoms. The first-order valence-electron chi connectivity index (χ1n) is 8.79. The molecule has 2 aliphatic heterocycles. The lowest BCUT2D eigenvalue weighted by Crippen LogP contribution is -2.44. The van der Waals surface area contributed by atoms with Crippen molar-refractivity contribution in [1.82, 2.24) is 20.2 Å². The molecule has 4 N–H and O–H groups in total. The van der Waals surface area contributed by atoms with Gasteiger partial charge >= 0.3 is 0 Å². The number of nitrogens with two attached hydrogens (primary N) is 1. The molecule has 0 saturated carbocycles. The summed E-state index contributed by atoms with van der Waals surface area (Å²) in [4.78, 5) is 24.1. The molecule has 0 aromatic carbocycles. The van der Waals surface area contributed by atoms with Crippen molar-refractivity contribution in [2.24, 2.45) is 0 Å². The van der Waals surface area contributed by atoms with Crippen LogP contribution in [0.25, 0.3) is 11.0 Å². The van der Waals surface area contributed by atoms with Crippen LogP contribution in [0.15, 0.2) is 16.9 Å². The standard InChI is InChI=1S/C17H24N6O2/c18-14-10-13-12(11-22-5-7-25-8-6-22)9-15(20-16(13)21-17(14)24)23-3-1-19-2-4-23/h9-10,19H,1-8,11,18H2,(H,20,21,24). The average Bonchev–Trinajstić information content (AvgIpc) is 2.64. The number of anilines is 2. The molecule has 4 rings (SSSR count). The largest absolute Gasteiger partial charge is 0.394 e. The Bertz CT molecular complexity index is 809. The van der Waals surface area contributed by atoms with Gasteiger partial charge in [0.25, 0.3) is 5.56 Å². The summed E-state index contributed by atoms with van der Waals surface area (Å²) >= 11 is 0. The van der Waals surface area contributed by atoms with Crippen molar-refractivity contribution in [3.05, 3.63) is 28.0 Å². The summed E-state index contributed by atoms with van der Waals surface area (Å²) in [5, 5.41) is 4.27. The molecule has 2 aromatic rings. The van der Waals surface area contributed by atoms with Crippen molar-refractivity contribution in [1.29, 1.82) is 0 Å². The fourth-order valence-electron chi connectivity index (χ4n) is 3.44. The minimum atomic E-state index is -0.283. The van der Waals surface area contributed by atoms with E-state index < -0.39 is 0 Å². The van der Waals surface area contributed by atoms with E-state index in [1.807, 2.05) is 0 Å². The highest BCUT2D eigenvalue weighted by atomic mass is 16.5. The molecule has 0 bridgehead atoms. The number of nitrogens with zero attached hydrogens (tertiary/aromatic N) is 3. The number of rotatable bonds is 3. The highest BCUT2D eigenvalue weighted by molar-refractivity contribution is 5.83. The first-order chi connectivity index (χ1) is 12.2. The molecule has 0 amide bonds. The molecule has 2 aromatic heterocycles. The number of pyridine rings is 2. The van der Waals surface area contributed by atoms with Gasteiger partial charge in [-0.25, -0.2) is 4.98 Å². The van der Waals surface area contributed by atoms with E-state index in [-0.39, 0.29) is 11.2 Å². The van der Waals surface area contributed by atoms with E-state index in [4.69, 9.17) is 15.5 Å². The second kappa shape index (κ2) is 6.99. The Balaban J connectivity index is 1.76. The van der Waals surface area contributed by atoms with Crippen LogP contribution in [-0.4, -0.2) is 67.4 Å². The van der Waals surface area contributed by atoms with E-state index in [2.05, 4.69) is 26.2 Å². The van der Waals surface area contributed by atoms with Crippen LogP contribution < -0.4 is 21.5 Å². The molecule has 2 aliphatic rings. The van der Waals surface area contributed by atoms with Crippen molar-refractivity contribution in [2.45, 2.75) is 6.54 Å². The van der Waals surface area contributed by atoms with E-state index in [0.29, 0.717) is 5.65 Å². The third-order valence-corrected chi connectivity index (χ3v) is 4.86. The number of ether oxygens (including phenoxy) is 1. The van der Waals surface area contributed by atoms with Gasteiger partial charge < -0.3 is 25.7 Å². The number of piperazine rings is 1. The lowest BCUT2D eigenvalue weighted by Gasteiger charge is -2.30. The molecule has 0 aliphatic carbocycles. The maximum absolute atomic E-state index is 12.0. The van der Waals surface area contributed by atoms with E-state index in [9.17, 15) is 4.79 Å². The van der Waals surface area contributed by atoms with E-state index in [1.54, 1.807) is 6.07 Å². The van der Waals surface area contributed by atoms with Crippen LogP contribution in [0.2, 0.25) is 0 Å². The number of H-pyrrole nitrogens is 1. The van der Waals surface area contributed by atoms with Crippen LogP contribution in [0.5, 0.6) is 0 Å². The molecule has 8 nitrogen and oxygen atoms in total. The summed E-state index contributed by atoms with van der Waals surface area (Å²) in [7, 11) is 0. The molecule has 0 atom stereocenters. The lowest BCUT2D eigenvalue weighted by molar-refractivity contribution is 0.0343. The Kier molecular flexibility index (Phi) is 4.56. The minimum Gasteiger partial charge on any atom is -0.394 e. The second-order valence-electron chi connectivity index (χ2n) is 6.58. The summed E-state index contributed by atoms with van der Waals surface area (Å²) < 4.78 is 5.44. The molecular formula is C17H24N6O2. The Hall–Kier alpha value is -2.16. The Morgan fingerprint density at radius 3 is 2.68 bits per heavy atom. The van der Waals surface area contributed by atoms with E-state index in [0.717, 1.165) is 75.8 Å². The van der Waals surface area contributed by atoms with Gasteiger partial charge in [-0.3, -0.25) is 9.69 Å². The number of nitrogen functional groups attached to an aromatic ring is 1. The molecule has 134 valence electrons. The van der Waals surface area contributed by atoms with Gasteiger partial charge in [-0.1, -0.05) is 0 Å². The second-order valence-corrected chi connectivity index (χ2v) is 6.58. The average molecular weight is 344 g/mol. The van der Waals surface area contributed by atoms with E-state index >= 15 is 0 Å². The maximum atomic E-state index is 12.0. The van der Waals surface area contributed by atoms with Crippen molar-refractivity contribution in [3.63, 3.8) is 0 Å². The van der Waals surface area contributed by atoms with Crippen LogP contribution in [0.4, 0.5) is 11.5 Å². The van der Waals surface area contributed by atoms with Crippen LogP contribution in [0, 0.1) is 0 Å². The predicted octanol–water partition coefficient (Wildman–Crippen LogP) is -0.253. The Labute approximate surface area is 146 Å². The molecule has 0 radical (unpaired) electrons. The lowest BCUT2D eigenvalue weighted by atomic mass is 10.1. The summed E-state index contributed by atoms with van der Waals surface area (Å²) in [5.74, 6) is 0.915. The number of nitrogens with one attached hydrogen (secondary N) is 2. The maximum Gasteiger partial charge on any atom is 0.272 e. The van der Waals surface area contributed by atoms with Gasteiger partial charge in [0, 0.05) is 51.2 Å². The van der Waals surface area contributed by atoms with Crippen LogP contribution >= 0.6 is 0 Å². The SMILES string of the molecule is Nc1cc2c(CN3CCOCC3)cc(N3CCNCC3)nc2[nH]c1=O. The normalized spacial score (nSPS) is 19.4.